The molecule has 0 saturated heterocycles. The number of thiophene rings is 1. The maximum Gasteiger partial charge on any atom is 0.159 e. The van der Waals surface area contributed by atoms with E-state index in [0.29, 0.717) is 0 Å². The summed E-state index contributed by atoms with van der Waals surface area (Å²) < 4.78 is 2.65. The Bertz CT molecular complexity index is 3160. The van der Waals surface area contributed by atoms with Crippen molar-refractivity contribution in [3.63, 3.8) is 0 Å². The first kappa shape index (κ1) is 31.6. The predicted octanol–water partition coefficient (Wildman–Crippen LogP) is 13.3. The van der Waals surface area contributed by atoms with Crippen LogP contribution in [-0.4, -0.2) is 11.7 Å². The van der Waals surface area contributed by atoms with E-state index in [4.69, 9.17) is 9.98 Å². The molecule has 0 radical (unpaired) electrons. The number of aliphatic imine (C=N–C) groups is 2. The first-order valence-electron chi connectivity index (χ1n) is 18.7. The molecule has 258 valence electrons. The minimum atomic E-state index is -0.269. The van der Waals surface area contributed by atoms with Crippen LogP contribution in [0, 0.1) is 0 Å². The molecule has 2 heterocycles. The first-order valence-corrected chi connectivity index (χ1v) is 19.5. The molecule has 0 spiro atoms. The number of nitrogens with zero attached hydrogens (tertiary/aromatic N) is 2. The van der Waals surface area contributed by atoms with Gasteiger partial charge in [0, 0.05) is 31.3 Å². The molecule has 1 atom stereocenters. The summed E-state index contributed by atoms with van der Waals surface area (Å²) >= 11 is 1.87. The molecule has 0 aliphatic carbocycles. The lowest BCUT2D eigenvalue weighted by Crippen LogP contribution is -2.33. The van der Waals surface area contributed by atoms with Gasteiger partial charge in [0.15, 0.2) is 5.84 Å². The fourth-order valence-electron chi connectivity index (χ4n) is 8.26. The molecule has 0 saturated carbocycles. The number of hydrogen-bond acceptors (Lipinski definition) is 4. The second kappa shape index (κ2) is 12.9. The normalized spacial score (nSPS) is 14.4. The van der Waals surface area contributed by atoms with E-state index < -0.39 is 0 Å². The van der Waals surface area contributed by atoms with Crippen molar-refractivity contribution in [3.05, 3.63) is 205 Å². The zero-order valence-electron chi connectivity index (χ0n) is 29.8. The third kappa shape index (κ3) is 5.41. The van der Waals surface area contributed by atoms with Gasteiger partial charge in [-0.3, -0.25) is 0 Å². The highest BCUT2D eigenvalue weighted by Crippen LogP contribution is 2.43. The lowest BCUT2D eigenvalue weighted by atomic mass is 9.88. The van der Waals surface area contributed by atoms with Crippen molar-refractivity contribution in [3.8, 4) is 22.3 Å². The van der Waals surface area contributed by atoms with Crippen LogP contribution in [0.2, 0.25) is 0 Å². The highest BCUT2D eigenvalue weighted by atomic mass is 32.1. The fourth-order valence-corrected chi connectivity index (χ4v) is 9.40. The summed E-state index contributed by atoms with van der Waals surface area (Å²) in [5.41, 5.74) is 7.97. The van der Waals surface area contributed by atoms with Gasteiger partial charge in [-0.2, -0.15) is 0 Å². The smallest absolute Gasteiger partial charge is 0.159 e. The number of amidine groups is 2. The molecule has 0 unspecified atom stereocenters. The maximum atomic E-state index is 5.08. The minimum absolute atomic E-state index is 0.269. The van der Waals surface area contributed by atoms with Crippen molar-refractivity contribution >= 4 is 75.5 Å². The molecule has 1 aliphatic heterocycles. The highest BCUT2D eigenvalue weighted by molar-refractivity contribution is 7.25. The quantitative estimate of drug-likeness (QED) is 0.177. The van der Waals surface area contributed by atoms with Crippen LogP contribution < -0.4 is 5.32 Å². The summed E-state index contributed by atoms with van der Waals surface area (Å²) in [4.78, 5) is 10.0. The van der Waals surface area contributed by atoms with Crippen LogP contribution in [0.3, 0.4) is 0 Å². The Morgan fingerprint density at radius 2 is 1.00 bits per heavy atom. The van der Waals surface area contributed by atoms with Gasteiger partial charge in [-0.15, -0.1) is 11.3 Å². The van der Waals surface area contributed by atoms with E-state index in [1.165, 1.54) is 74.7 Å². The van der Waals surface area contributed by atoms with Gasteiger partial charge < -0.3 is 5.32 Å². The molecule has 11 rings (SSSR count). The second-order valence-electron chi connectivity index (χ2n) is 14.2. The largest absolute Gasteiger partial charge is 0.344 e. The average molecular weight is 720 g/mol. The van der Waals surface area contributed by atoms with Gasteiger partial charge in [0.05, 0.1) is 0 Å². The summed E-state index contributed by atoms with van der Waals surface area (Å²) in [6, 6.07) is 67.6. The topological polar surface area (TPSA) is 36.8 Å². The number of benzene rings is 9. The molecular weight excluding hydrogens is 687 g/mol. The first-order chi connectivity index (χ1) is 27.2. The molecular formula is C51H33N3S. The SMILES string of the molecule is c1ccc(C2=N[C@H](c3ccc(-c4ccc5c(c4)c4ccccc4c4cccc(-c6ccc7c(c6)sc6ccccc67)c45)cc3)NC(c3ccccc3)=N2)cc1. The molecule has 10 aromatic rings. The van der Waals surface area contributed by atoms with E-state index in [0.717, 1.165) is 28.4 Å². The molecule has 1 N–H and O–H groups in total. The van der Waals surface area contributed by atoms with Crippen molar-refractivity contribution in [1.82, 2.24) is 5.32 Å². The molecule has 0 fully saturated rings. The Balaban J connectivity index is 1.01. The Morgan fingerprint density at radius 3 is 1.80 bits per heavy atom. The number of hydrogen-bond donors (Lipinski definition) is 1. The number of nitrogens with one attached hydrogen (secondary N) is 1. The molecule has 3 nitrogen and oxygen atoms in total. The monoisotopic (exact) mass is 719 g/mol. The zero-order valence-corrected chi connectivity index (χ0v) is 30.6. The van der Waals surface area contributed by atoms with Crippen LogP contribution in [-0.2, 0) is 0 Å². The lowest BCUT2D eigenvalue weighted by molar-refractivity contribution is 0.674. The summed E-state index contributed by atoms with van der Waals surface area (Å²) in [6.45, 7) is 0. The Morgan fingerprint density at radius 1 is 0.400 bits per heavy atom. The average Bonchev–Trinajstić information content (AvgIpc) is 3.64. The van der Waals surface area contributed by atoms with Gasteiger partial charge in [-0.05, 0) is 78.3 Å². The minimum Gasteiger partial charge on any atom is -0.344 e. The van der Waals surface area contributed by atoms with Crippen LogP contribution in [0.25, 0.3) is 74.7 Å². The van der Waals surface area contributed by atoms with Gasteiger partial charge in [0.1, 0.15) is 12.0 Å². The van der Waals surface area contributed by atoms with Crippen LogP contribution in [0.1, 0.15) is 22.9 Å². The van der Waals surface area contributed by atoms with Crippen molar-refractivity contribution in [2.45, 2.75) is 6.17 Å². The van der Waals surface area contributed by atoms with Crippen LogP contribution >= 0.6 is 11.3 Å². The number of rotatable bonds is 5. The molecule has 0 amide bonds. The molecule has 4 heteroatoms. The molecule has 55 heavy (non-hydrogen) atoms. The van der Waals surface area contributed by atoms with E-state index in [1.54, 1.807) is 0 Å². The Labute approximate surface area is 322 Å². The van der Waals surface area contributed by atoms with Crippen molar-refractivity contribution in [2.24, 2.45) is 9.98 Å². The zero-order chi connectivity index (χ0) is 36.3. The molecule has 1 aliphatic rings. The van der Waals surface area contributed by atoms with E-state index in [9.17, 15) is 0 Å². The summed E-state index contributed by atoms with van der Waals surface area (Å²) in [7, 11) is 0. The third-order valence-corrected chi connectivity index (χ3v) is 12.1. The third-order valence-electron chi connectivity index (χ3n) is 10.9. The van der Waals surface area contributed by atoms with Gasteiger partial charge >= 0.3 is 0 Å². The van der Waals surface area contributed by atoms with Crippen LogP contribution in [0.15, 0.2) is 198 Å². The van der Waals surface area contributed by atoms with Gasteiger partial charge in [-0.1, -0.05) is 170 Å². The summed E-state index contributed by atoms with van der Waals surface area (Å²) in [5.74, 6) is 1.55. The lowest BCUT2D eigenvalue weighted by Gasteiger charge is -2.24. The molecule has 0 bridgehead atoms. The van der Waals surface area contributed by atoms with Gasteiger partial charge in [0.2, 0.25) is 0 Å². The van der Waals surface area contributed by atoms with Crippen molar-refractivity contribution in [1.29, 1.82) is 0 Å². The Kier molecular flexibility index (Phi) is 7.42. The maximum absolute atomic E-state index is 5.08. The number of fused-ring (bicyclic) bond motifs is 9. The van der Waals surface area contributed by atoms with Gasteiger partial charge in [-0.25, -0.2) is 9.98 Å². The van der Waals surface area contributed by atoms with Crippen molar-refractivity contribution in [2.75, 3.05) is 0 Å². The second-order valence-corrected chi connectivity index (χ2v) is 15.2. The predicted molar refractivity (Wildman–Crippen MR) is 235 cm³/mol. The van der Waals surface area contributed by atoms with Crippen LogP contribution in [0.4, 0.5) is 0 Å². The van der Waals surface area contributed by atoms with E-state index in [1.807, 2.05) is 47.7 Å². The molecule has 9 aromatic carbocycles. The van der Waals surface area contributed by atoms with E-state index in [-0.39, 0.29) is 6.17 Å². The molecule has 1 aromatic heterocycles. The van der Waals surface area contributed by atoms with Crippen molar-refractivity contribution < 1.29 is 0 Å². The van der Waals surface area contributed by atoms with Gasteiger partial charge in [0.25, 0.3) is 0 Å². The van der Waals surface area contributed by atoms with E-state index >= 15 is 0 Å². The van der Waals surface area contributed by atoms with E-state index in [2.05, 4.69) is 157 Å². The summed E-state index contributed by atoms with van der Waals surface area (Å²) in [6.07, 6.45) is -0.269. The standard InChI is InChI=1S/C51H33N3S/c1-3-12-33(13-4-1)49-52-50(34-14-5-2-6-15-34)54-51(53-49)35-24-22-32(23-25-35)36-26-29-44-45(30-36)40-17-8-7-16-39(40)43-20-11-19-38(48(43)44)37-27-28-42-41-18-9-10-21-46(41)55-47(42)31-37/h1-31,51H,(H,52,53,54). The van der Waals surface area contributed by atoms with Crippen LogP contribution in [0.5, 0.6) is 0 Å². The highest BCUT2D eigenvalue weighted by Gasteiger charge is 2.21. The fraction of sp³-hybridized carbons (Fsp3) is 0.0196. The summed E-state index contributed by atoms with van der Waals surface area (Å²) in [5, 5.41) is 13.9. The Hall–Kier alpha value is -6.88.